The molecule has 0 N–H and O–H groups in total. The van der Waals surface area contributed by atoms with Gasteiger partial charge in [0, 0.05) is 19.7 Å². The van der Waals surface area contributed by atoms with E-state index in [0.717, 1.165) is 49.4 Å². The predicted molar refractivity (Wildman–Crippen MR) is 73.7 cm³/mol. The van der Waals surface area contributed by atoms with E-state index in [0.29, 0.717) is 5.71 Å². The third kappa shape index (κ3) is 1.78. The minimum absolute atomic E-state index is 0.131. The smallest absolute Gasteiger partial charge is 0.263 e. The predicted octanol–water partition coefficient (Wildman–Crippen LogP) is 2.08. The third-order valence-corrected chi connectivity index (χ3v) is 4.58. The fourth-order valence-electron chi connectivity index (χ4n) is 3.42. The zero-order chi connectivity index (χ0) is 13.6. The minimum Gasteiger partial charge on any atom is -0.375 e. The van der Waals surface area contributed by atoms with Gasteiger partial charge in [-0.05, 0) is 32.6 Å². The number of nitrogens with zero attached hydrogens (tertiary/aromatic N) is 4. The van der Waals surface area contributed by atoms with Crippen LogP contribution in [0.4, 0.5) is 5.82 Å². The number of piperidine rings is 1. The van der Waals surface area contributed by atoms with Crippen LogP contribution < -0.4 is 4.90 Å². The zero-order valence-corrected chi connectivity index (χ0v) is 11.6. The van der Waals surface area contributed by atoms with Crippen molar-refractivity contribution in [2.45, 2.75) is 38.2 Å². The van der Waals surface area contributed by atoms with Crippen molar-refractivity contribution in [3.63, 3.8) is 0 Å². The number of hydrogen-bond donors (Lipinski definition) is 0. The Morgan fingerprint density at radius 2 is 2.05 bits per heavy atom. The monoisotopic (exact) mass is 274 g/mol. The summed E-state index contributed by atoms with van der Waals surface area (Å²) in [5, 5.41) is 4.93. The van der Waals surface area contributed by atoms with Gasteiger partial charge in [0.25, 0.3) is 5.71 Å². The maximum absolute atomic E-state index is 5.97. The lowest BCUT2D eigenvalue weighted by atomic mass is 9.88. The summed E-state index contributed by atoms with van der Waals surface area (Å²) < 4.78 is 11.2. The van der Waals surface area contributed by atoms with Crippen LogP contribution in [-0.2, 0) is 4.74 Å². The van der Waals surface area contributed by atoms with Crippen LogP contribution in [0.15, 0.2) is 10.9 Å². The van der Waals surface area contributed by atoms with Crippen LogP contribution in [0.5, 0.6) is 0 Å². The Bertz CT molecular complexity index is 623. The molecule has 20 heavy (non-hydrogen) atoms. The maximum atomic E-state index is 5.97. The zero-order valence-electron chi connectivity index (χ0n) is 11.6. The minimum atomic E-state index is 0.131. The van der Waals surface area contributed by atoms with E-state index in [-0.39, 0.29) is 5.60 Å². The van der Waals surface area contributed by atoms with Crippen molar-refractivity contribution in [1.29, 1.82) is 0 Å². The lowest BCUT2D eigenvalue weighted by Crippen LogP contribution is -2.44. The molecule has 0 aromatic carbocycles. The Labute approximate surface area is 117 Å². The molecule has 0 unspecified atom stereocenters. The first kappa shape index (κ1) is 12.1. The number of anilines is 1. The van der Waals surface area contributed by atoms with E-state index >= 15 is 0 Å². The number of aryl methyl sites for hydroxylation is 1. The molecular weight excluding hydrogens is 256 g/mol. The Kier molecular flexibility index (Phi) is 2.66. The molecule has 2 saturated heterocycles. The lowest BCUT2D eigenvalue weighted by molar-refractivity contribution is -0.0146. The van der Waals surface area contributed by atoms with Gasteiger partial charge in [0.1, 0.15) is 17.5 Å². The molecule has 1 spiro atoms. The van der Waals surface area contributed by atoms with Crippen LogP contribution in [0.25, 0.3) is 11.1 Å². The normalized spacial score (nSPS) is 21.9. The molecule has 0 saturated carbocycles. The summed E-state index contributed by atoms with van der Waals surface area (Å²) in [7, 11) is 0. The molecule has 0 aliphatic carbocycles. The fourth-order valence-corrected chi connectivity index (χ4v) is 3.42. The van der Waals surface area contributed by atoms with E-state index in [1.807, 2.05) is 6.92 Å². The van der Waals surface area contributed by atoms with Gasteiger partial charge in [-0.15, -0.1) is 0 Å². The van der Waals surface area contributed by atoms with Crippen LogP contribution in [0.1, 0.15) is 31.4 Å². The molecule has 0 atom stereocenters. The molecule has 2 aliphatic rings. The number of aromatic nitrogens is 3. The first-order chi connectivity index (χ1) is 9.77. The molecule has 2 aliphatic heterocycles. The quantitative estimate of drug-likeness (QED) is 0.793. The van der Waals surface area contributed by atoms with Gasteiger partial charge in [-0.2, -0.15) is 4.98 Å². The Balaban J connectivity index is 1.63. The van der Waals surface area contributed by atoms with E-state index in [1.54, 1.807) is 6.33 Å². The summed E-state index contributed by atoms with van der Waals surface area (Å²) in [6.07, 6.45) is 6.10. The van der Waals surface area contributed by atoms with Crippen molar-refractivity contribution in [3.8, 4) is 0 Å². The number of fused-ring (bicyclic) bond motifs is 1. The van der Waals surface area contributed by atoms with Crippen molar-refractivity contribution >= 4 is 16.9 Å². The Hall–Kier alpha value is -1.69. The third-order valence-electron chi connectivity index (χ3n) is 4.58. The van der Waals surface area contributed by atoms with Crippen LogP contribution >= 0.6 is 0 Å². The van der Waals surface area contributed by atoms with Crippen molar-refractivity contribution in [1.82, 2.24) is 15.1 Å². The summed E-state index contributed by atoms with van der Waals surface area (Å²) in [6.45, 7) is 4.79. The second kappa shape index (κ2) is 4.41. The summed E-state index contributed by atoms with van der Waals surface area (Å²) >= 11 is 0. The molecule has 106 valence electrons. The van der Waals surface area contributed by atoms with Crippen LogP contribution in [-0.4, -0.2) is 40.4 Å². The van der Waals surface area contributed by atoms with Crippen molar-refractivity contribution < 1.29 is 9.26 Å². The first-order valence-corrected chi connectivity index (χ1v) is 7.23. The Morgan fingerprint density at radius 3 is 2.80 bits per heavy atom. The lowest BCUT2D eigenvalue weighted by Gasteiger charge is -2.39. The number of rotatable bonds is 1. The second-order valence-corrected chi connectivity index (χ2v) is 5.77. The van der Waals surface area contributed by atoms with Crippen molar-refractivity contribution in [3.05, 3.63) is 12.0 Å². The number of ether oxygens (including phenoxy) is 1. The molecule has 4 heterocycles. The SMILES string of the molecule is Cc1noc2ncnc(N3CCC4(CCCO4)CC3)c12. The van der Waals surface area contributed by atoms with Gasteiger partial charge in [0.15, 0.2) is 0 Å². The molecule has 0 bridgehead atoms. The molecule has 4 rings (SSSR count). The fraction of sp³-hybridized carbons (Fsp3) is 0.643. The second-order valence-electron chi connectivity index (χ2n) is 5.77. The van der Waals surface area contributed by atoms with Gasteiger partial charge in [-0.1, -0.05) is 5.16 Å². The standard InChI is InChI=1S/C14H18N4O2/c1-10-11-12(15-9-16-13(11)20-17-10)18-6-4-14(5-7-18)3-2-8-19-14/h9H,2-8H2,1H3. The van der Waals surface area contributed by atoms with E-state index in [2.05, 4.69) is 20.0 Å². The van der Waals surface area contributed by atoms with Crippen molar-refractivity contribution in [2.24, 2.45) is 0 Å². The van der Waals surface area contributed by atoms with E-state index in [4.69, 9.17) is 9.26 Å². The molecule has 2 aromatic heterocycles. The highest BCUT2D eigenvalue weighted by atomic mass is 16.5. The highest BCUT2D eigenvalue weighted by molar-refractivity contribution is 5.87. The average molecular weight is 274 g/mol. The van der Waals surface area contributed by atoms with Crippen LogP contribution in [0.3, 0.4) is 0 Å². The van der Waals surface area contributed by atoms with Crippen molar-refractivity contribution in [2.75, 3.05) is 24.6 Å². The van der Waals surface area contributed by atoms with Gasteiger partial charge in [0.2, 0.25) is 0 Å². The summed E-state index contributed by atoms with van der Waals surface area (Å²) in [5.41, 5.74) is 1.56. The molecule has 2 fully saturated rings. The summed E-state index contributed by atoms with van der Waals surface area (Å²) in [5.74, 6) is 0.946. The van der Waals surface area contributed by atoms with E-state index < -0.39 is 0 Å². The van der Waals surface area contributed by atoms with E-state index in [1.165, 1.54) is 12.8 Å². The van der Waals surface area contributed by atoms with Crippen LogP contribution in [0.2, 0.25) is 0 Å². The topological polar surface area (TPSA) is 64.3 Å². The molecule has 2 aromatic rings. The van der Waals surface area contributed by atoms with Gasteiger partial charge < -0.3 is 14.2 Å². The number of hydrogen-bond acceptors (Lipinski definition) is 6. The van der Waals surface area contributed by atoms with E-state index in [9.17, 15) is 0 Å². The molecule has 6 heteroatoms. The van der Waals surface area contributed by atoms with Gasteiger partial charge >= 0.3 is 0 Å². The van der Waals surface area contributed by atoms with Gasteiger partial charge in [-0.25, -0.2) is 4.98 Å². The maximum Gasteiger partial charge on any atom is 0.263 e. The molecule has 0 amide bonds. The highest BCUT2D eigenvalue weighted by Crippen LogP contribution is 2.37. The Morgan fingerprint density at radius 1 is 1.20 bits per heavy atom. The van der Waals surface area contributed by atoms with Gasteiger partial charge in [-0.3, -0.25) is 0 Å². The summed E-state index contributed by atoms with van der Waals surface area (Å²) in [4.78, 5) is 10.9. The summed E-state index contributed by atoms with van der Waals surface area (Å²) in [6, 6.07) is 0. The molecule has 6 nitrogen and oxygen atoms in total. The average Bonchev–Trinajstić information content (AvgIpc) is 3.08. The first-order valence-electron chi connectivity index (χ1n) is 7.23. The van der Waals surface area contributed by atoms with Gasteiger partial charge in [0.05, 0.1) is 11.3 Å². The van der Waals surface area contributed by atoms with Crippen LogP contribution in [0, 0.1) is 6.92 Å². The largest absolute Gasteiger partial charge is 0.375 e. The molecule has 0 radical (unpaired) electrons. The highest BCUT2D eigenvalue weighted by Gasteiger charge is 2.39. The molecular formula is C14H18N4O2.